The van der Waals surface area contributed by atoms with Crippen molar-refractivity contribution in [3.05, 3.63) is 97.8 Å². The molecule has 0 aliphatic carbocycles. The number of carbonyl (C=O) groups is 8. The fourth-order valence-corrected chi connectivity index (χ4v) is 16.5. The molecular weight excluding hydrogens is 1280 g/mol. The van der Waals surface area contributed by atoms with Gasteiger partial charge >= 0.3 is 24.1 Å². The van der Waals surface area contributed by atoms with Crippen molar-refractivity contribution in [2.45, 2.75) is 262 Å². The van der Waals surface area contributed by atoms with Crippen molar-refractivity contribution >= 4 is 58.2 Å². The molecule has 22 atom stereocenters. The highest BCUT2D eigenvalue weighted by atomic mass is 16.7. The number of fused-ring (bicyclic) bond motifs is 2. The van der Waals surface area contributed by atoms with Gasteiger partial charge in [-0.05, 0) is 157 Å². The third kappa shape index (κ3) is 17.6. The zero-order chi connectivity index (χ0) is 74.3. The molecule has 7 heterocycles. The van der Waals surface area contributed by atoms with Crippen LogP contribution in [0.4, 0.5) is 9.59 Å². The SMILES string of the molecule is C=C[C@]1(OC(=O)n2ccnc2)/C=C(\C)C(=O)[C@H](C)CC(C)(C)[C@H](O[C@@H]2O[C@H](C)C[C@H](C)[C@H]2C)[C@@H](C)C(=O)[C@@H](C)C(=O)O[C@@H]1CC.C=C[C@]12OC(=O)N(CCCCc3ccnc4ccccc34)[C@@H]1[C@@H](C)C(=O)[C@H](C)CC(C)(C)[C@H](O[C@@H]1O[C@H](C)C[C@H](C)[C@H]1O)[C@@H](C)C(=O)[C@@H](C)C(=O)O[C@@H]2CC. The van der Waals surface area contributed by atoms with Gasteiger partial charge in [-0.3, -0.25) is 38.7 Å². The van der Waals surface area contributed by atoms with Crippen molar-refractivity contribution < 1.29 is 81.4 Å². The van der Waals surface area contributed by atoms with Gasteiger partial charge in [0.1, 0.15) is 42.3 Å². The summed E-state index contributed by atoms with van der Waals surface area (Å²) >= 11 is 0. The Morgan fingerprint density at radius 1 is 0.690 bits per heavy atom. The summed E-state index contributed by atoms with van der Waals surface area (Å²) < 4.78 is 50.9. The van der Waals surface area contributed by atoms with Crippen LogP contribution < -0.4 is 0 Å². The Labute approximate surface area is 592 Å². The second-order valence-electron chi connectivity index (χ2n) is 31.0. The Bertz CT molecular complexity index is 3430. The lowest BCUT2D eigenvalue weighted by Crippen LogP contribution is -2.58. The number of para-hydroxylation sites is 1. The molecule has 2 aromatic heterocycles. The van der Waals surface area contributed by atoms with E-state index in [2.05, 4.69) is 43.0 Å². The number of cyclic esters (lactones) is 2. The summed E-state index contributed by atoms with van der Waals surface area (Å²) in [6.07, 6.45) is 7.57. The minimum absolute atomic E-state index is 0.00463. The van der Waals surface area contributed by atoms with Gasteiger partial charge in [0, 0.05) is 66.0 Å². The lowest BCUT2D eigenvalue weighted by atomic mass is 9.69. The van der Waals surface area contributed by atoms with E-state index >= 15 is 0 Å². The van der Waals surface area contributed by atoms with Crippen LogP contribution in [0.15, 0.2) is 92.2 Å². The number of pyridine rings is 1. The maximum Gasteiger partial charge on any atom is 0.420 e. The summed E-state index contributed by atoms with van der Waals surface area (Å²) in [6, 6.07) is 9.19. The number of hydrogen-bond donors (Lipinski definition) is 1. The van der Waals surface area contributed by atoms with Crippen LogP contribution in [0.1, 0.15) is 188 Å². The molecule has 0 saturated carbocycles. The van der Waals surface area contributed by atoms with Gasteiger partial charge in [-0.1, -0.05) is 128 Å². The molecule has 8 rings (SSSR count). The predicted octanol–water partition coefficient (Wildman–Crippen LogP) is 13.6. The third-order valence-corrected chi connectivity index (χ3v) is 22.2. The highest BCUT2D eigenvalue weighted by Gasteiger charge is 2.62. The smallest absolute Gasteiger partial charge is 0.420 e. The Morgan fingerprint density at radius 2 is 1.25 bits per heavy atom. The average Bonchev–Trinajstić information content (AvgIpc) is 1.57. The van der Waals surface area contributed by atoms with Crippen LogP contribution in [-0.2, 0) is 73.1 Å². The van der Waals surface area contributed by atoms with E-state index in [1.807, 2.05) is 107 Å². The molecule has 21 heteroatoms. The first-order valence-electron chi connectivity index (χ1n) is 36.3. The fraction of sp³-hybridized carbons (Fsp3) is 0.671. The van der Waals surface area contributed by atoms with E-state index in [0.29, 0.717) is 43.7 Å². The summed E-state index contributed by atoms with van der Waals surface area (Å²) in [5.74, 6) is -7.84. The number of carbonyl (C=O) groups excluding carboxylic acids is 8. The number of benzene rings is 1. The van der Waals surface area contributed by atoms with Crippen LogP contribution in [0, 0.1) is 70.0 Å². The minimum Gasteiger partial charge on any atom is -0.457 e. The number of rotatable bonds is 14. The van der Waals surface area contributed by atoms with Crippen molar-refractivity contribution in [2.75, 3.05) is 6.54 Å². The molecule has 0 radical (unpaired) electrons. The van der Waals surface area contributed by atoms with Crippen LogP contribution in [-0.4, -0.2) is 151 Å². The summed E-state index contributed by atoms with van der Waals surface area (Å²) in [6.45, 7) is 43.5. The number of nitrogens with zero attached hydrogens (tertiary/aromatic N) is 4. The monoisotopic (exact) mass is 1390 g/mol. The van der Waals surface area contributed by atoms with E-state index < -0.39 is 143 Å². The largest absolute Gasteiger partial charge is 0.457 e. The molecule has 3 aromatic rings. The van der Waals surface area contributed by atoms with Gasteiger partial charge in [0.25, 0.3) is 0 Å². The van der Waals surface area contributed by atoms with Gasteiger partial charge in [0.05, 0.1) is 36.0 Å². The standard InChI is InChI=1S/C44H62N2O9.C35H52N2O8/c1-11-34-44(12-2)38(46(42(51)55-44)22-16-15-17-31-20-21-45-33-19-14-13-18-32(31)33)28(6)35(47)26(4)24-43(9,10)39(29(7)37(49)30(8)40(50)53-34)54-41-36(48)25(3)23-27(5)52-41;1-12-27-35(13-2,45-33(41)37-15-14-36-19-37)18-22(5)28(38)21(4)17-34(10,11)30(25(8)29(39)26(9)31(40)43-27)44-32-24(7)20(3)16-23(6)42-32/h12-14,18-21,25-30,34,36,38-39,41,48H,2,11,15-17,22-24H2,1,3-10H3;13-15,18-21,23-27,30,32H,2,12,16-17H2,1,3-11H3/b;22-18+/t25-,26+,27+,28-,29-,30+,34+,36+,38+,39+,41-,44+;20-,21+,23+,24+,25-,26+,27+,30+,32-,35-/m00/s1. The summed E-state index contributed by atoms with van der Waals surface area (Å²) in [5, 5.41) is 12.2. The number of ketones is 4. The number of aliphatic hydroxyl groups is 1. The Morgan fingerprint density at radius 3 is 1.82 bits per heavy atom. The molecule has 0 bridgehead atoms. The second-order valence-corrected chi connectivity index (χ2v) is 31.0. The van der Waals surface area contributed by atoms with Gasteiger partial charge in [0.15, 0.2) is 41.1 Å². The lowest BCUT2D eigenvalue weighted by Gasteiger charge is -2.45. The van der Waals surface area contributed by atoms with Crippen LogP contribution in [0.25, 0.3) is 10.9 Å². The number of Topliss-reactive ketones (excluding diaryl/α,β-unsaturated/α-hetero) is 4. The van der Waals surface area contributed by atoms with Gasteiger partial charge in [-0.15, -0.1) is 0 Å². The van der Waals surface area contributed by atoms with E-state index in [9.17, 15) is 43.5 Å². The number of allylic oxidation sites excluding steroid dienone is 1. The maximum atomic E-state index is 14.7. The molecule has 100 heavy (non-hydrogen) atoms. The lowest BCUT2D eigenvalue weighted by molar-refractivity contribution is -0.284. The quantitative estimate of drug-likeness (QED) is 0.0517. The minimum atomic E-state index is -1.70. The summed E-state index contributed by atoms with van der Waals surface area (Å²) in [5.41, 5.74) is -2.31. The maximum absolute atomic E-state index is 14.7. The number of unbranched alkanes of at least 4 members (excludes halogenated alkanes) is 1. The molecule has 1 N–H and O–H groups in total. The number of imidazole rings is 1. The van der Waals surface area contributed by atoms with E-state index in [1.54, 1.807) is 32.6 Å². The van der Waals surface area contributed by atoms with Crippen molar-refractivity contribution in [1.82, 2.24) is 19.4 Å². The molecule has 0 unspecified atom stereocenters. The first-order chi connectivity index (χ1) is 46.9. The van der Waals surface area contributed by atoms with Gasteiger partial charge in [-0.25, -0.2) is 19.1 Å². The Balaban J connectivity index is 0.000000287. The molecule has 0 spiro atoms. The Kier molecular flexibility index (Phi) is 27.0. The molecule has 552 valence electrons. The normalized spacial score (nSPS) is 37.0. The fourth-order valence-electron chi connectivity index (χ4n) is 16.5. The molecule has 1 amide bonds. The molecule has 5 aliphatic heterocycles. The summed E-state index contributed by atoms with van der Waals surface area (Å²) in [7, 11) is 0. The number of ether oxygens (including phenoxy) is 8. The van der Waals surface area contributed by atoms with Crippen LogP contribution in [0.2, 0.25) is 0 Å². The van der Waals surface area contributed by atoms with Crippen LogP contribution in [0.5, 0.6) is 0 Å². The number of aromatic nitrogens is 3. The number of aliphatic hydroxyl groups excluding tert-OH is 1. The van der Waals surface area contributed by atoms with Crippen molar-refractivity contribution in [1.29, 1.82) is 0 Å². The second kappa shape index (κ2) is 33.6. The summed E-state index contributed by atoms with van der Waals surface area (Å²) in [4.78, 5) is 121. The van der Waals surface area contributed by atoms with Gasteiger partial charge < -0.3 is 43.0 Å². The van der Waals surface area contributed by atoms with Crippen LogP contribution >= 0.6 is 0 Å². The molecule has 4 fully saturated rings. The van der Waals surface area contributed by atoms with Crippen molar-refractivity contribution in [3.63, 3.8) is 0 Å². The zero-order valence-electron chi connectivity index (χ0n) is 62.7. The highest BCUT2D eigenvalue weighted by Crippen LogP contribution is 2.47. The van der Waals surface area contributed by atoms with Crippen molar-refractivity contribution in [2.24, 2.45) is 70.0 Å². The molecule has 21 nitrogen and oxygen atoms in total. The average molecular weight is 1390 g/mol. The van der Waals surface area contributed by atoms with Gasteiger partial charge in [-0.2, -0.15) is 0 Å². The zero-order valence-corrected chi connectivity index (χ0v) is 62.7. The van der Waals surface area contributed by atoms with E-state index in [1.165, 1.54) is 56.4 Å². The van der Waals surface area contributed by atoms with Crippen LogP contribution in [0.3, 0.4) is 0 Å². The molecule has 5 aliphatic rings. The highest BCUT2D eigenvalue weighted by molar-refractivity contribution is 6.01. The number of amides is 1. The topological polar surface area (TPSA) is 265 Å². The first-order valence-corrected chi connectivity index (χ1v) is 36.3. The number of esters is 2. The number of hydrogen-bond acceptors (Lipinski definition) is 19. The Hall–Kier alpha value is -6.78. The third-order valence-electron chi connectivity index (χ3n) is 22.2. The molecule has 1 aromatic carbocycles. The van der Waals surface area contributed by atoms with E-state index in [0.717, 1.165) is 34.7 Å². The van der Waals surface area contributed by atoms with E-state index in [-0.39, 0.29) is 54.2 Å². The predicted molar refractivity (Wildman–Crippen MR) is 378 cm³/mol. The van der Waals surface area contributed by atoms with Crippen molar-refractivity contribution in [3.8, 4) is 0 Å². The van der Waals surface area contributed by atoms with E-state index in [4.69, 9.17) is 37.9 Å². The number of aryl methyl sites for hydroxylation is 1. The first kappa shape index (κ1) is 80.5. The molecular formula is C79H114N4O17. The molecule has 4 saturated heterocycles. The van der Waals surface area contributed by atoms with Gasteiger partial charge in [0.2, 0.25) is 0 Å².